The lowest BCUT2D eigenvalue weighted by Crippen LogP contribution is -2.52. The predicted octanol–water partition coefficient (Wildman–Crippen LogP) is 4.05. The molecule has 2 atom stereocenters. The first-order chi connectivity index (χ1) is 9.44. The molecule has 20 heavy (non-hydrogen) atoms. The van der Waals surface area contributed by atoms with Gasteiger partial charge in [0.1, 0.15) is 5.82 Å². The third-order valence-corrected chi connectivity index (χ3v) is 4.54. The van der Waals surface area contributed by atoms with Crippen molar-refractivity contribution < 1.29 is 9.18 Å². The maximum atomic E-state index is 13.4. The summed E-state index contributed by atoms with van der Waals surface area (Å²) in [6.07, 6.45) is 4.02. The van der Waals surface area contributed by atoms with Crippen molar-refractivity contribution in [2.24, 2.45) is 5.92 Å². The molecule has 0 aromatic heterocycles. The average molecular weight is 298 g/mol. The molecule has 0 heterocycles. The molecule has 0 spiro atoms. The van der Waals surface area contributed by atoms with Crippen LogP contribution < -0.4 is 5.32 Å². The quantitative estimate of drug-likeness (QED) is 0.838. The molecule has 1 fully saturated rings. The largest absolute Gasteiger partial charge is 0.345 e. The third kappa shape index (κ3) is 3.51. The number of aryl methyl sites for hydroxylation is 1. The van der Waals surface area contributed by atoms with Crippen LogP contribution in [0.3, 0.4) is 0 Å². The molecule has 2 nitrogen and oxygen atoms in total. The number of carbonyl (C=O) groups excluding carboxylic acids is 1. The van der Waals surface area contributed by atoms with Crippen LogP contribution in [-0.4, -0.2) is 17.3 Å². The van der Waals surface area contributed by atoms with Gasteiger partial charge in [-0.05, 0) is 49.4 Å². The van der Waals surface area contributed by atoms with Crippen molar-refractivity contribution in [1.82, 2.24) is 5.32 Å². The molecular formula is C16H21ClFNO. The number of hydrogen-bond acceptors (Lipinski definition) is 1. The van der Waals surface area contributed by atoms with Gasteiger partial charge >= 0.3 is 0 Å². The predicted molar refractivity (Wildman–Crippen MR) is 79.7 cm³/mol. The van der Waals surface area contributed by atoms with Crippen LogP contribution in [0.2, 0.25) is 0 Å². The standard InChI is InChI=1S/C16H21ClFNO/c1-11-4-3-5-16(9-11,10-17)19-15(20)13-6-12(2)7-14(18)8-13/h6-8,11H,3-5,9-10H2,1-2H3,(H,19,20). The first kappa shape index (κ1) is 15.3. The van der Waals surface area contributed by atoms with Crippen LogP contribution in [0.4, 0.5) is 4.39 Å². The molecule has 0 aliphatic heterocycles. The van der Waals surface area contributed by atoms with Crippen molar-refractivity contribution >= 4 is 17.5 Å². The van der Waals surface area contributed by atoms with E-state index >= 15 is 0 Å². The van der Waals surface area contributed by atoms with Crippen LogP contribution in [0.25, 0.3) is 0 Å². The van der Waals surface area contributed by atoms with E-state index in [1.165, 1.54) is 18.6 Å². The van der Waals surface area contributed by atoms with E-state index in [1.807, 2.05) is 0 Å². The van der Waals surface area contributed by atoms with Crippen molar-refractivity contribution in [2.45, 2.75) is 45.1 Å². The van der Waals surface area contributed by atoms with Gasteiger partial charge in [-0.2, -0.15) is 0 Å². The molecule has 1 aromatic rings. The van der Waals surface area contributed by atoms with Crippen LogP contribution in [-0.2, 0) is 0 Å². The SMILES string of the molecule is Cc1cc(F)cc(C(=O)NC2(CCl)CCCC(C)C2)c1. The summed E-state index contributed by atoms with van der Waals surface area (Å²) in [6, 6.07) is 4.39. The normalized spacial score (nSPS) is 26.3. The Bertz CT molecular complexity index is 485. The molecule has 2 rings (SSSR count). The van der Waals surface area contributed by atoms with Gasteiger partial charge in [0.05, 0.1) is 5.54 Å². The number of amides is 1. The third-order valence-electron chi connectivity index (χ3n) is 4.03. The Balaban J connectivity index is 2.16. The van der Waals surface area contributed by atoms with Crippen molar-refractivity contribution in [1.29, 1.82) is 0 Å². The molecule has 1 N–H and O–H groups in total. The summed E-state index contributed by atoms with van der Waals surface area (Å²) in [5.74, 6) is 0.337. The van der Waals surface area contributed by atoms with E-state index in [9.17, 15) is 9.18 Å². The summed E-state index contributed by atoms with van der Waals surface area (Å²) in [5.41, 5.74) is 0.758. The minimum Gasteiger partial charge on any atom is -0.345 e. The van der Waals surface area contributed by atoms with E-state index in [1.54, 1.807) is 13.0 Å². The van der Waals surface area contributed by atoms with Gasteiger partial charge in [0.15, 0.2) is 0 Å². The van der Waals surface area contributed by atoms with E-state index in [2.05, 4.69) is 12.2 Å². The molecular weight excluding hydrogens is 277 g/mol. The Labute approximate surface area is 124 Å². The summed E-state index contributed by atoms with van der Waals surface area (Å²) in [4.78, 5) is 12.4. The summed E-state index contributed by atoms with van der Waals surface area (Å²) < 4.78 is 13.4. The second kappa shape index (κ2) is 6.13. The zero-order valence-corrected chi connectivity index (χ0v) is 12.8. The second-order valence-electron chi connectivity index (χ2n) is 6.09. The summed E-state index contributed by atoms with van der Waals surface area (Å²) in [6.45, 7) is 3.96. The highest BCUT2D eigenvalue weighted by molar-refractivity contribution is 6.19. The van der Waals surface area contributed by atoms with Gasteiger partial charge in [-0.3, -0.25) is 4.79 Å². The van der Waals surface area contributed by atoms with Crippen molar-refractivity contribution in [3.63, 3.8) is 0 Å². The maximum Gasteiger partial charge on any atom is 0.251 e. The van der Waals surface area contributed by atoms with Crippen LogP contribution >= 0.6 is 11.6 Å². The fraction of sp³-hybridized carbons (Fsp3) is 0.562. The first-order valence-electron chi connectivity index (χ1n) is 7.10. The highest BCUT2D eigenvalue weighted by Gasteiger charge is 2.35. The lowest BCUT2D eigenvalue weighted by atomic mass is 9.77. The highest BCUT2D eigenvalue weighted by Crippen LogP contribution is 2.33. The molecule has 0 bridgehead atoms. The lowest BCUT2D eigenvalue weighted by Gasteiger charge is -2.39. The maximum absolute atomic E-state index is 13.4. The average Bonchev–Trinajstić information content (AvgIpc) is 2.37. The van der Waals surface area contributed by atoms with Gasteiger partial charge in [0.25, 0.3) is 5.91 Å². The minimum atomic E-state index is -0.382. The van der Waals surface area contributed by atoms with Gasteiger partial charge in [0, 0.05) is 11.4 Å². The number of carbonyl (C=O) groups is 1. The highest BCUT2D eigenvalue weighted by atomic mass is 35.5. The first-order valence-corrected chi connectivity index (χ1v) is 7.63. The summed E-state index contributed by atoms with van der Waals surface area (Å²) in [5, 5.41) is 3.05. The van der Waals surface area contributed by atoms with E-state index in [4.69, 9.17) is 11.6 Å². The molecule has 110 valence electrons. The molecule has 1 aromatic carbocycles. The van der Waals surface area contributed by atoms with Crippen LogP contribution in [0, 0.1) is 18.7 Å². The number of halogens is 2. The van der Waals surface area contributed by atoms with Crippen molar-refractivity contribution in [3.05, 3.63) is 35.1 Å². The van der Waals surface area contributed by atoms with Gasteiger partial charge in [0.2, 0.25) is 0 Å². The molecule has 1 aliphatic rings. The lowest BCUT2D eigenvalue weighted by molar-refractivity contribution is 0.0866. The molecule has 0 radical (unpaired) electrons. The number of nitrogens with one attached hydrogen (secondary N) is 1. The monoisotopic (exact) mass is 297 g/mol. The van der Waals surface area contributed by atoms with Gasteiger partial charge in [-0.1, -0.05) is 19.8 Å². The number of rotatable bonds is 3. The summed E-state index contributed by atoms with van der Waals surface area (Å²) >= 11 is 6.11. The molecule has 0 saturated heterocycles. The Kier molecular flexibility index (Phi) is 4.69. The Morgan fingerprint density at radius 1 is 1.50 bits per heavy atom. The summed E-state index contributed by atoms with van der Waals surface area (Å²) in [7, 11) is 0. The van der Waals surface area contributed by atoms with Gasteiger partial charge in [-0.25, -0.2) is 4.39 Å². The van der Waals surface area contributed by atoms with Gasteiger partial charge < -0.3 is 5.32 Å². The van der Waals surface area contributed by atoms with Crippen molar-refractivity contribution in [3.8, 4) is 0 Å². The van der Waals surface area contributed by atoms with Crippen LogP contribution in [0.1, 0.15) is 48.5 Å². The topological polar surface area (TPSA) is 29.1 Å². The smallest absolute Gasteiger partial charge is 0.251 e. The van der Waals surface area contributed by atoms with E-state index in [0.29, 0.717) is 17.4 Å². The Morgan fingerprint density at radius 3 is 2.85 bits per heavy atom. The minimum absolute atomic E-state index is 0.234. The number of hydrogen-bond donors (Lipinski definition) is 1. The molecule has 1 saturated carbocycles. The van der Waals surface area contributed by atoms with E-state index in [-0.39, 0.29) is 17.3 Å². The molecule has 1 amide bonds. The van der Waals surface area contributed by atoms with Gasteiger partial charge in [-0.15, -0.1) is 11.6 Å². The fourth-order valence-electron chi connectivity index (χ4n) is 3.11. The van der Waals surface area contributed by atoms with Crippen molar-refractivity contribution in [2.75, 3.05) is 5.88 Å². The zero-order valence-electron chi connectivity index (χ0n) is 12.0. The molecule has 4 heteroatoms. The zero-order chi connectivity index (χ0) is 14.8. The Morgan fingerprint density at radius 2 is 2.25 bits per heavy atom. The Hall–Kier alpha value is -1.09. The molecule has 2 unspecified atom stereocenters. The fourth-order valence-corrected chi connectivity index (χ4v) is 3.42. The number of benzene rings is 1. The second-order valence-corrected chi connectivity index (χ2v) is 6.35. The van der Waals surface area contributed by atoms with E-state index in [0.717, 1.165) is 24.8 Å². The number of alkyl halides is 1. The van der Waals surface area contributed by atoms with E-state index < -0.39 is 0 Å². The van der Waals surface area contributed by atoms with Crippen LogP contribution in [0.5, 0.6) is 0 Å². The van der Waals surface area contributed by atoms with Crippen LogP contribution in [0.15, 0.2) is 18.2 Å². The molecule has 1 aliphatic carbocycles.